The van der Waals surface area contributed by atoms with Crippen molar-refractivity contribution in [2.24, 2.45) is 5.92 Å². The predicted molar refractivity (Wildman–Crippen MR) is 67.1 cm³/mol. The third-order valence-corrected chi connectivity index (χ3v) is 3.83. The maximum absolute atomic E-state index is 13.0. The van der Waals surface area contributed by atoms with E-state index >= 15 is 0 Å². The minimum atomic E-state index is -0.241. The van der Waals surface area contributed by atoms with E-state index in [2.05, 4.69) is 0 Å². The van der Waals surface area contributed by atoms with Crippen molar-refractivity contribution in [1.29, 1.82) is 0 Å². The number of benzene rings is 1. The highest BCUT2D eigenvalue weighted by atomic mass is 19.1. The number of hydrogen-bond donors (Lipinski definition) is 0. The van der Waals surface area contributed by atoms with Crippen LogP contribution in [-0.2, 0) is 0 Å². The molecule has 1 saturated carbocycles. The van der Waals surface area contributed by atoms with Gasteiger partial charge in [0.05, 0.1) is 6.67 Å². The molecule has 1 nitrogen and oxygen atoms in total. The SMILES string of the molecule is CC(=O)c1cccc(C2CCCCC2CF)c1. The molecule has 0 aromatic heterocycles. The number of carbonyl (C=O) groups is 1. The molecule has 1 aromatic rings. The molecule has 2 heteroatoms. The van der Waals surface area contributed by atoms with Crippen LogP contribution in [0.1, 0.15) is 54.4 Å². The van der Waals surface area contributed by atoms with E-state index in [9.17, 15) is 9.18 Å². The maximum Gasteiger partial charge on any atom is 0.159 e. The van der Waals surface area contributed by atoms with Crippen LogP contribution in [0.25, 0.3) is 0 Å². The van der Waals surface area contributed by atoms with E-state index in [1.54, 1.807) is 6.92 Å². The van der Waals surface area contributed by atoms with Crippen LogP contribution in [0.4, 0.5) is 4.39 Å². The van der Waals surface area contributed by atoms with Crippen LogP contribution >= 0.6 is 0 Å². The van der Waals surface area contributed by atoms with Crippen LogP contribution < -0.4 is 0 Å². The number of hydrogen-bond acceptors (Lipinski definition) is 1. The van der Waals surface area contributed by atoms with Gasteiger partial charge in [-0.3, -0.25) is 9.18 Å². The standard InChI is InChI=1S/C15H19FO/c1-11(17)12-6-4-7-13(9-12)15-8-3-2-5-14(15)10-16/h4,6-7,9,14-15H,2-3,5,8,10H2,1H3. The molecule has 1 aromatic carbocycles. The van der Waals surface area contributed by atoms with Gasteiger partial charge in [0.1, 0.15) is 0 Å². The minimum absolute atomic E-state index is 0.0828. The Labute approximate surface area is 102 Å². The summed E-state index contributed by atoms with van der Waals surface area (Å²) < 4.78 is 13.0. The molecule has 92 valence electrons. The van der Waals surface area contributed by atoms with E-state index in [0.717, 1.165) is 30.4 Å². The van der Waals surface area contributed by atoms with Crippen LogP contribution in [0.3, 0.4) is 0 Å². The van der Waals surface area contributed by atoms with Gasteiger partial charge in [0.25, 0.3) is 0 Å². The van der Waals surface area contributed by atoms with Gasteiger partial charge in [0.2, 0.25) is 0 Å². The zero-order valence-electron chi connectivity index (χ0n) is 10.3. The molecule has 0 amide bonds. The molecule has 17 heavy (non-hydrogen) atoms. The molecule has 1 aliphatic carbocycles. The van der Waals surface area contributed by atoms with Gasteiger partial charge in [-0.05, 0) is 43.2 Å². The molecule has 0 heterocycles. The second kappa shape index (κ2) is 5.44. The Kier molecular flexibility index (Phi) is 3.93. The monoisotopic (exact) mass is 234 g/mol. The normalized spacial score (nSPS) is 24.6. The Hall–Kier alpha value is -1.18. The largest absolute Gasteiger partial charge is 0.295 e. The Morgan fingerprint density at radius 3 is 2.82 bits per heavy atom. The average molecular weight is 234 g/mol. The number of alkyl halides is 1. The van der Waals surface area contributed by atoms with Crippen LogP contribution in [0.5, 0.6) is 0 Å². The highest BCUT2D eigenvalue weighted by Gasteiger charge is 2.26. The van der Waals surface area contributed by atoms with Crippen LogP contribution in [-0.4, -0.2) is 12.5 Å². The third-order valence-electron chi connectivity index (χ3n) is 3.83. The molecule has 0 radical (unpaired) electrons. The molecule has 0 saturated heterocycles. The third kappa shape index (κ3) is 2.74. The van der Waals surface area contributed by atoms with Crippen LogP contribution in [0, 0.1) is 5.92 Å². The summed E-state index contributed by atoms with van der Waals surface area (Å²) in [7, 11) is 0. The smallest absolute Gasteiger partial charge is 0.159 e. The molecule has 0 bridgehead atoms. The number of halogens is 1. The fourth-order valence-corrected chi connectivity index (χ4v) is 2.82. The molecular weight excluding hydrogens is 215 g/mol. The van der Waals surface area contributed by atoms with Crippen molar-refractivity contribution >= 4 is 5.78 Å². The molecule has 1 aliphatic rings. The van der Waals surface area contributed by atoms with Gasteiger partial charge in [-0.2, -0.15) is 0 Å². The molecule has 0 spiro atoms. The van der Waals surface area contributed by atoms with Crippen LogP contribution in [0.2, 0.25) is 0 Å². The van der Waals surface area contributed by atoms with Crippen molar-refractivity contribution in [3.05, 3.63) is 35.4 Å². The van der Waals surface area contributed by atoms with Gasteiger partial charge in [0.15, 0.2) is 5.78 Å². The number of carbonyl (C=O) groups excluding carboxylic acids is 1. The predicted octanol–water partition coefficient (Wildman–Crippen LogP) is 4.13. The average Bonchev–Trinajstić information content (AvgIpc) is 2.39. The first-order valence-corrected chi connectivity index (χ1v) is 6.39. The van der Waals surface area contributed by atoms with Crippen molar-refractivity contribution in [1.82, 2.24) is 0 Å². The molecule has 2 rings (SSSR count). The topological polar surface area (TPSA) is 17.1 Å². The summed E-state index contributed by atoms with van der Waals surface area (Å²) in [5, 5.41) is 0. The van der Waals surface area contributed by atoms with E-state index in [1.807, 2.05) is 24.3 Å². The minimum Gasteiger partial charge on any atom is -0.295 e. The van der Waals surface area contributed by atoms with E-state index in [4.69, 9.17) is 0 Å². The van der Waals surface area contributed by atoms with E-state index < -0.39 is 0 Å². The van der Waals surface area contributed by atoms with E-state index in [0.29, 0.717) is 5.92 Å². The zero-order valence-corrected chi connectivity index (χ0v) is 10.3. The Morgan fingerprint density at radius 2 is 2.12 bits per heavy atom. The summed E-state index contributed by atoms with van der Waals surface area (Å²) in [6.07, 6.45) is 4.34. The molecule has 0 aliphatic heterocycles. The molecule has 2 unspecified atom stereocenters. The molecular formula is C15H19FO. The van der Waals surface area contributed by atoms with Gasteiger partial charge in [0, 0.05) is 5.56 Å². The fraction of sp³-hybridized carbons (Fsp3) is 0.533. The fourth-order valence-electron chi connectivity index (χ4n) is 2.82. The first-order valence-electron chi connectivity index (χ1n) is 6.39. The summed E-state index contributed by atoms with van der Waals surface area (Å²) >= 11 is 0. The highest BCUT2D eigenvalue weighted by molar-refractivity contribution is 5.94. The lowest BCUT2D eigenvalue weighted by molar-refractivity contribution is 0.101. The zero-order chi connectivity index (χ0) is 12.3. The van der Waals surface area contributed by atoms with Gasteiger partial charge in [-0.1, -0.05) is 31.0 Å². The summed E-state index contributed by atoms with van der Waals surface area (Å²) in [5.41, 5.74) is 1.88. The second-order valence-electron chi connectivity index (χ2n) is 4.99. The summed E-state index contributed by atoms with van der Waals surface area (Å²) in [6.45, 7) is 1.33. The Bertz CT molecular complexity index is 400. The van der Waals surface area contributed by atoms with Gasteiger partial charge < -0.3 is 0 Å². The number of ketones is 1. The maximum atomic E-state index is 13.0. The summed E-state index contributed by atoms with van der Waals surface area (Å²) in [6, 6.07) is 7.72. The second-order valence-corrected chi connectivity index (χ2v) is 4.99. The lowest BCUT2D eigenvalue weighted by atomic mass is 9.76. The number of rotatable bonds is 3. The van der Waals surface area contributed by atoms with Crippen LogP contribution in [0.15, 0.2) is 24.3 Å². The van der Waals surface area contributed by atoms with E-state index in [1.165, 1.54) is 6.42 Å². The quantitative estimate of drug-likeness (QED) is 0.718. The van der Waals surface area contributed by atoms with Gasteiger partial charge in [-0.25, -0.2) is 0 Å². The highest BCUT2D eigenvalue weighted by Crippen LogP contribution is 2.38. The molecule has 2 atom stereocenters. The molecule has 1 fully saturated rings. The molecule has 0 N–H and O–H groups in total. The van der Waals surface area contributed by atoms with Crippen molar-refractivity contribution in [2.75, 3.05) is 6.67 Å². The summed E-state index contributed by atoms with van der Waals surface area (Å²) in [4.78, 5) is 11.4. The van der Waals surface area contributed by atoms with E-state index in [-0.39, 0.29) is 18.4 Å². The number of Topliss-reactive ketones (excluding diaryl/α,β-unsaturated/α-hetero) is 1. The Balaban J connectivity index is 2.25. The lowest BCUT2D eigenvalue weighted by Crippen LogP contribution is -2.19. The van der Waals surface area contributed by atoms with Gasteiger partial charge in [-0.15, -0.1) is 0 Å². The first-order chi connectivity index (χ1) is 8.22. The van der Waals surface area contributed by atoms with Crippen molar-refractivity contribution in [2.45, 2.75) is 38.5 Å². The summed E-state index contributed by atoms with van der Waals surface area (Å²) in [5.74, 6) is 0.526. The first kappa shape index (κ1) is 12.3. The van der Waals surface area contributed by atoms with Crippen molar-refractivity contribution in [3.63, 3.8) is 0 Å². The lowest BCUT2D eigenvalue weighted by Gasteiger charge is -2.30. The van der Waals surface area contributed by atoms with Crippen molar-refractivity contribution in [3.8, 4) is 0 Å². The Morgan fingerprint density at radius 1 is 1.35 bits per heavy atom. The van der Waals surface area contributed by atoms with Gasteiger partial charge >= 0.3 is 0 Å². The van der Waals surface area contributed by atoms with Crippen molar-refractivity contribution < 1.29 is 9.18 Å².